The van der Waals surface area contributed by atoms with Crippen molar-refractivity contribution in [1.29, 1.82) is 0 Å². The highest BCUT2D eigenvalue weighted by atomic mass is 16.3. The zero-order chi connectivity index (χ0) is 47.7. The average molecular weight is 918 g/mol. The molecule has 0 amide bonds. The average Bonchev–Trinajstić information content (AvgIpc) is 4.05. The summed E-state index contributed by atoms with van der Waals surface area (Å²) in [6.07, 6.45) is 0. The summed E-state index contributed by atoms with van der Waals surface area (Å²) in [5.41, 5.74) is 19.7. The van der Waals surface area contributed by atoms with E-state index in [0.29, 0.717) is 0 Å². The molecule has 0 saturated carbocycles. The standard InChI is InChI=1S/C70H47NO/c1-69(2)59-34-14-11-27-51(59)57-33-19-36-62(68(57)69)71(48-38-39-52-50-26-12-15-35-60(50)70(61(52)43-48,45-21-5-3-6-22-45)46-23-7-4-8-24-46)47-25-17-20-44(42-47)49-31-18-32-54-56-40-41-64-67(58-30-13-16-37-63(58)72-64)66(56)55-29-10-9-28-53(55)65(49)54/h3-43H,1-2H3. The van der Waals surface area contributed by atoms with Crippen LogP contribution in [0, 0.1) is 0 Å². The third-order valence-corrected chi connectivity index (χ3v) is 16.3. The maximum atomic E-state index is 6.47. The highest BCUT2D eigenvalue weighted by molar-refractivity contribution is 6.36. The first kappa shape index (κ1) is 40.9. The van der Waals surface area contributed by atoms with Gasteiger partial charge in [0.15, 0.2) is 0 Å². The molecule has 2 aliphatic rings. The highest BCUT2D eigenvalue weighted by Gasteiger charge is 2.47. The van der Waals surface area contributed by atoms with Crippen LogP contribution in [0.3, 0.4) is 0 Å². The number of fused-ring (bicyclic) bond motifs is 16. The Balaban J connectivity index is 1.00. The molecule has 0 aliphatic heterocycles. The van der Waals surface area contributed by atoms with E-state index in [-0.39, 0.29) is 5.41 Å². The predicted octanol–water partition coefficient (Wildman–Crippen LogP) is 18.9. The summed E-state index contributed by atoms with van der Waals surface area (Å²) >= 11 is 0. The van der Waals surface area contributed by atoms with Crippen molar-refractivity contribution in [3.05, 3.63) is 282 Å². The van der Waals surface area contributed by atoms with E-state index in [1.807, 2.05) is 0 Å². The fourth-order valence-corrected chi connectivity index (χ4v) is 13.4. The third kappa shape index (κ3) is 5.55. The number of benzene rings is 12. The van der Waals surface area contributed by atoms with Crippen molar-refractivity contribution in [3.63, 3.8) is 0 Å². The lowest BCUT2D eigenvalue weighted by Crippen LogP contribution is -2.28. The fourth-order valence-electron chi connectivity index (χ4n) is 13.4. The van der Waals surface area contributed by atoms with Gasteiger partial charge in [-0.15, -0.1) is 0 Å². The predicted molar refractivity (Wildman–Crippen MR) is 301 cm³/mol. The fraction of sp³-hybridized carbons (Fsp3) is 0.0571. The maximum Gasteiger partial charge on any atom is 0.136 e. The molecular formula is C70H47NO. The molecule has 15 rings (SSSR count). The summed E-state index contributed by atoms with van der Waals surface area (Å²) in [6.45, 7) is 4.80. The lowest BCUT2D eigenvalue weighted by Gasteiger charge is -2.36. The van der Waals surface area contributed by atoms with Gasteiger partial charge in [0.1, 0.15) is 11.2 Å². The van der Waals surface area contributed by atoms with Crippen LogP contribution in [0.1, 0.15) is 47.2 Å². The Morgan fingerprint density at radius 1 is 0.333 bits per heavy atom. The van der Waals surface area contributed by atoms with Crippen molar-refractivity contribution in [2.75, 3.05) is 4.90 Å². The number of hydrogen-bond acceptors (Lipinski definition) is 2. The lowest BCUT2D eigenvalue weighted by molar-refractivity contribution is 0.661. The molecule has 338 valence electrons. The molecule has 0 N–H and O–H groups in total. The third-order valence-electron chi connectivity index (χ3n) is 16.3. The molecule has 2 aliphatic carbocycles. The van der Waals surface area contributed by atoms with Gasteiger partial charge in [0.25, 0.3) is 0 Å². The van der Waals surface area contributed by atoms with E-state index in [0.717, 1.165) is 33.5 Å². The molecule has 0 spiro atoms. The van der Waals surface area contributed by atoms with Crippen LogP contribution in [0.4, 0.5) is 17.1 Å². The Labute approximate surface area is 418 Å². The van der Waals surface area contributed by atoms with Crippen LogP contribution >= 0.6 is 0 Å². The maximum absolute atomic E-state index is 6.47. The molecule has 0 bridgehead atoms. The molecular weight excluding hydrogens is 871 g/mol. The lowest BCUT2D eigenvalue weighted by atomic mass is 9.67. The van der Waals surface area contributed by atoms with E-state index in [9.17, 15) is 0 Å². The van der Waals surface area contributed by atoms with Gasteiger partial charge >= 0.3 is 0 Å². The molecule has 1 heterocycles. The molecule has 1 aromatic heterocycles. The molecule has 0 fully saturated rings. The van der Waals surface area contributed by atoms with Crippen LogP contribution in [0.15, 0.2) is 253 Å². The molecule has 12 aromatic carbocycles. The van der Waals surface area contributed by atoms with Crippen molar-refractivity contribution in [1.82, 2.24) is 0 Å². The minimum absolute atomic E-state index is 0.259. The summed E-state index contributed by atoms with van der Waals surface area (Å²) in [7, 11) is 0. The SMILES string of the molecule is CC1(C)c2ccccc2-c2cccc(N(c3cccc(-c4cccc5c6ccc7oc8ccccc8c7c6c6ccccc6c45)c3)c3ccc4c(c3)C(c3ccccc3)(c3ccccc3)c3ccccc3-4)c21. The first-order valence-electron chi connectivity index (χ1n) is 25.2. The van der Waals surface area contributed by atoms with Crippen molar-refractivity contribution in [2.24, 2.45) is 0 Å². The van der Waals surface area contributed by atoms with Gasteiger partial charge in [-0.1, -0.05) is 214 Å². The number of hydrogen-bond donors (Lipinski definition) is 0. The van der Waals surface area contributed by atoms with E-state index < -0.39 is 5.41 Å². The van der Waals surface area contributed by atoms with E-state index in [2.05, 4.69) is 267 Å². The van der Waals surface area contributed by atoms with Crippen molar-refractivity contribution in [3.8, 4) is 33.4 Å². The van der Waals surface area contributed by atoms with Crippen LogP contribution < -0.4 is 4.90 Å². The van der Waals surface area contributed by atoms with Crippen molar-refractivity contribution >= 4 is 71.3 Å². The zero-order valence-electron chi connectivity index (χ0n) is 40.0. The molecule has 72 heavy (non-hydrogen) atoms. The normalized spacial score (nSPS) is 13.9. The van der Waals surface area contributed by atoms with Crippen molar-refractivity contribution < 1.29 is 4.42 Å². The van der Waals surface area contributed by atoms with E-state index in [1.54, 1.807) is 0 Å². The van der Waals surface area contributed by atoms with Gasteiger partial charge in [-0.25, -0.2) is 0 Å². The summed E-state index contributed by atoms with van der Waals surface area (Å²) in [5, 5.41) is 9.71. The van der Waals surface area contributed by atoms with Gasteiger partial charge in [-0.05, 0) is 142 Å². The zero-order valence-corrected chi connectivity index (χ0v) is 40.0. The van der Waals surface area contributed by atoms with Gasteiger partial charge in [0.2, 0.25) is 0 Å². The summed E-state index contributed by atoms with van der Waals surface area (Å²) in [6, 6.07) is 92.5. The second-order valence-electron chi connectivity index (χ2n) is 20.2. The van der Waals surface area contributed by atoms with E-state index in [4.69, 9.17) is 4.42 Å². The Hall–Kier alpha value is -8.98. The highest BCUT2D eigenvalue weighted by Crippen LogP contribution is 2.59. The molecule has 0 atom stereocenters. The largest absolute Gasteiger partial charge is 0.456 e. The van der Waals surface area contributed by atoms with E-state index >= 15 is 0 Å². The smallest absolute Gasteiger partial charge is 0.136 e. The first-order chi connectivity index (χ1) is 35.5. The molecule has 0 unspecified atom stereocenters. The minimum atomic E-state index is -0.548. The number of furan rings is 1. The molecule has 0 saturated heterocycles. The minimum Gasteiger partial charge on any atom is -0.456 e. The van der Waals surface area contributed by atoms with Gasteiger partial charge < -0.3 is 9.32 Å². The number of rotatable bonds is 6. The Kier molecular flexibility index (Phi) is 8.66. The number of para-hydroxylation sites is 1. The number of nitrogens with zero attached hydrogens (tertiary/aromatic N) is 1. The topological polar surface area (TPSA) is 16.4 Å². The summed E-state index contributed by atoms with van der Waals surface area (Å²) < 4.78 is 6.47. The van der Waals surface area contributed by atoms with E-state index in [1.165, 1.54) is 105 Å². The summed E-state index contributed by atoms with van der Waals surface area (Å²) in [4.78, 5) is 2.55. The van der Waals surface area contributed by atoms with Gasteiger partial charge in [-0.3, -0.25) is 0 Å². The van der Waals surface area contributed by atoms with Crippen LogP contribution in [0.5, 0.6) is 0 Å². The van der Waals surface area contributed by atoms with Crippen LogP contribution in [-0.4, -0.2) is 0 Å². The van der Waals surface area contributed by atoms with Crippen LogP contribution in [0.25, 0.3) is 87.6 Å². The van der Waals surface area contributed by atoms with Gasteiger partial charge in [0.05, 0.1) is 11.1 Å². The van der Waals surface area contributed by atoms with Crippen LogP contribution in [-0.2, 0) is 10.8 Å². The Bertz CT molecular complexity index is 4300. The molecule has 13 aromatic rings. The Morgan fingerprint density at radius 3 is 1.64 bits per heavy atom. The number of anilines is 3. The first-order valence-corrected chi connectivity index (χ1v) is 25.2. The second kappa shape index (κ2) is 15.3. The molecule has 2 heteroatoms. The van der Waals surface area contributed by atoms with Crippen molar-refractivity contribution in [2.45, 2.75) is 24.7 Å². The van der Waals surface area contributed by atoms with Gasteiger partial charge in [-0.2, -0.15) is 0 Å². The second-order valence-corrected chi connectivity index (χ2v) is 20.2. The van der Waals surface area contributed by atoms with Gasteiger partial charge in [0, 0.05) is 32.9 Å². The molecule has 0 radical (unpaired) electrons. The monoisotopic (exact) mass is 917 g/mol. The molecule has 2 nitrogen and oxygen atoms in total. The summed E-state index contributed by atoms with van der Waals surface area (Å²) in [5.74, 6) is 0. The Morgan fingerprint density at radius 2 is 0.875 bits per heavy atom. The quantitative estimate of drug-likeness (QED) is 0.155. The van der Waals surface area contributed by atoms with Crippen LogP contribution in [0.2, 0.25) is 0 Å².